The van der Waals surface area contributed by atoms with Crippen LogP contribution in [0.4, 0.5) is 4.39 Å². The second-order valence-corrected chi connectivity index (χ2v) is 8.95. The first-order valence-electron chi connectivity index (χ1n) is 9.24. The van der Waals surface area contributed by atoms with Crippen LogP contribution in [0, 0.1) is 5.82 Å². The first-order valence-corrected chi connectivity index (χ1v) is 11.3. The molecule has 5 nitrogen and oxygen atoms in total. The molecular formula is C22H20FN3O2S2. The summed E-state index contributed by atoms with van der Waals surface area (Å²) < 4.78 is 30.4. The Hall–Kier alpha value is -2.52. The van der Waals surface area contributed by atoms with E-state index >= 15 is 0 Å². The van der Waals surface area contributed by atoms with Gasteiger partial charge < -0.3 is 10.0 Å². The van der Waals surface area contributed by atoms with Crippen molar-refractivity contribution < 1.29 is 13.7 Å². The highest BCUT2D eigenvalue weighted by molar-refractivity contribution is 8.03. The van der Waals surface area contributed by atoms with Gasteiger partial charge in [-0.15, -0.1) is 0 Å². The number of aliphatic hydroxyl groups is 1. The van der Waals surface area contributed by atoms with Crippen LogP contribution in [0.3, 0.4) is 0 Å². The third-order valence-corrected chi connectivity index (χ3v) is 7.00. The zero-order valence-corrected chi connectivity index (χ0v) is 17.7. The molecular weight excluding hydrogens is 421 g/mol. The highest BCUT2D eigenvalue weighted by Crippen LogP contribution is 2.32. The molecule has 1 aromatic heterocycles. The Morgan fingerprint density at radius 1 is 1.17 bits per heavy atom. The third-order valence-electron chi connectivity index (χ3n) is 4.74. The van der Waals surface area contributed by atoms with Gasteiger partial charge in [-0.25, -0.2) is 13.3 Å². The van der Waals surface area contributed by atoms with Crippen LogP contribution in [0.1, 0.15) is 17.2 Å². The van der Waals surface area contributed by atoms with Crippen LogP contribution in [0.15, 0.2) is 83.4 Å². The SMILES string of the molecule is CN1C=CSC1NS(=O)c1ccc(C(O)c2cccnc2-c2ccccc2)c(F)c1. The number of benzene rings is 2. The highest BCUT2D eigenvalue weighted by Gasteiger charge is 2.22. The van der Waals surface area contributed by atoms with Gasteiger partial charge in [0.25, 0.3) is 0 Å². The molecule has 3 aromatic rings. The molecule has 30 heavy (non-hydrogen) atoms. The number of hydrogen-bond acceptors (Lipinski definition) is 5. The molecule has 0 aliphatic carbocycles. The minimum atomic E-state index is -1.59. The highest BCUT2D eigenvalue weighted by atomic mass is 32.2. The first kappa shape index (κ1) is 20.7. The van der Waals surface area contributed by atoms with E-state index in [4.69, 9.17) is 0 Å². The molecule has 0 bridgehead atoms. The van der Waals surface area contributed by atoms with Crippen LogP contribution in [0.5, 0.6) is 0 Å². The molecule has 0 fully saturated rings. The number of thioether (sulfide) groups is 1. The van der Waals surface area contributed by atoms with Crippen LogP contribution < -0.4 is 4.72 Å². The second-order valence-electron chi connectivity index (χ2n) is 6.72. The first-order chi connectivity index (χ1) is 14.5. The van der Waals surface area contributed by atoms with E-state index in [0.29, 0.717) is 16.2 Å². The predicted molar refractivity (Wildman–Crippen MR) is 118 cm³/mol. The number of aromatic nitrogens is 1. The minimum absolute atomic E-state index is 0.106. The summed E-state index contributed by atoms with van der Waals surface area (Å²) in [4.78, 5) is 6.57. The maximum atomic E-state index is 14.9. The zero-order valence-electron chi connectivity index (χ0n) is 16.1. The summed E-state index contributed by atoms with van der Waals surface area (Å²) in [5, 5.41) is 12.8. The lowest BCUT2D eigenvalue weighted by Gasteiger charge is -2.20. The van der Waals surface area contributed by atoms with Crippen molar-refractivity contribution in [1.82, 2.24) is 14.6 Å². The maximum absolute atomic E-state index is 14.9. The molecule has 2 N–H and O–H groups in total. The van der Waals surface area contributed by atoms with Gasteiger partial charge in [0.15, 0.2) is 0 Å². The average Bonchev–Trinajstić information content (AvgIpc) is 3.18. The summed E-state index contributed by atoms with van der Waals surface area (Å²) in [6.07, 6.45) is 2.31. The number of pyridine rings is 1. The summed E-state index contributed by atoms with van der Waals surface area (Å²) in [7, 11) is 0.274. The van der Waals surface area contributed by atoms with Crippen LogP contribution >= 0.6 is 11.8 Å². The number of aliphatic hydroxyl groups excluding tert-OH is 1. The van der Waals surface area contributed by atoms with E-state index in [1.165, 1.54) is 23.9 Å². The molecule has 0 saturated carbocycles. The number of halogens is 1. The Labute approximate surface area is 181 Å². The molecule has 0 spiro atoms. The molecule has 3 unspecified atom stereocenters. The molecule has 4 rings (SSSR count). The molecule has 154 valence electrons. The summed E-state index contributed by atoms with van der Waals surface area (Å²) in [5.74, 6) is -0.622. The fourth-order valence-electron chi connectivity index (χ4n) is 3.14. The quantitative estimate of drug-likeness (QED) is 0.605. The van der Waals surface area contributed by atoms with Crippen molar-refractivity contribution in [3.63, 3.8) is 0 Å². The lowest BCUT2D eigenvalue weighted by atomic mass is 9.96. The van der Waals surface area contributed by atoms with Crippen molar-refractivity contribution in [1.29, 1.82) is 0 Å². The van der Waals surface area contributed by atoms with Crippen molar-refractivity contribution in [3.05, 3.63) is 95.4 Å². The monoisotopic (exact) mass is 441 g/mol. The van der Waals surface area contributed by atoms with Gasteiger partial charge in [0, 0.05) is 36.1 Å². The van der Waals surface area contributed by atoms with E-state index in [1.807, 2.05) is 53.9 Å². The van der Waals surface area contributed by atoms with Crippen LogP contribution in [0.25, 0.3) is 11.3 Å². The van der Waals surface area contributed by atoms with E-state index in [2.05, 4.69) is 9.71 Å². The topological polar surface area (TPSA) is 65.5 Å². The Morgan fingerprint density at radius 2 is 1.97 bits per heavy atom. The molecule has 1 aliphatic heterocycles. The van der Waals surface area contributed by atoms with Crippen molar-refractivity contribution in [2.75, 3.05) is 7.05 Å². The number of nitrogens with zero attached hydrogens (tertiary/aromatic N) is 2. The Balaban J connectivity index is 1.59. The normalized spacial score (nSPS) is 17.8. The van der Waals surface area contributed by atoms with Gasteiger partial charge in [0.1, 0.15) is 28.4 Å². The van der Waals surface area contributed by atoms with Crippen molar-refractivity contribution in [2.24, 2.45) is 0 Å². The van der Waals surface area contributed by atoms with Crippen LogP contribution in [0.2, 0.25) is 0 Å². The largest absolute Gasteiger partial charge is 0.383 e. The van der Waals surface area contributed by atoms with Gasteiger partial charge in [0.05, 0.1) is 10.6 Å². The summed E-state index contributed by atoms with van der Waals surface area (Å²) in [6, 6.07) is 17.1. The Morgan fingerprint density at radius 3 is 2.67 bits per heavy atom. The summed E-state index contributed by atoms with van der Waals surface area (Å²) in [6.45, 7) is 0. The fourth-order valence-corrected chi connectivity index (χ4v) is 5.18. The standard InChI is InChI=1S/C22H20FN3O2S2/c1-26-12-13-29-22(26)25-30(28)16-9-10-17(19(23)14-16)21(27)18-8-5-11-24-20(18)15-6-3-2-4-7-15/h2-14,21-22,25,27H,1H3. The summed E-state index contributed by atoms with van der Waals surface area (Å²) >= 11 is 1.48. The number of rotatable bonds is 6. The molecule has 0 amide bonds. The number of nitrogens with one attached hydrogen (secondary N) is 1. The van der Waals surface area contributed by atoms with Crippen LogP contribution in [-0.2, 0) is 11.0 Å². The fraction of sp³-hybridized carbons (Fsp3) is 0.136. The minimum Gasteiger partial charge on any atom is -0.383 e. The van der Waals surface area contributed by atoms with E-state index in [9.17, 15) is 13.7 Å². The van der Waals surface area contributed by atoms with E-state index in [1.54, 1.807) is 24.4 Å². The molecule has 3 atom stereocenters. The molecule has 8 heteroatoms. The van der Waals surface area contributed by atoms with Crippen LogP contribution in [-0.4, -0.2) is 31.7 Å². The van der Waals surface area contributed by atoms with Gasteiger partial charge in [-0.1, -0.05) is 54.2 Å². The lowest BCUT2D eigenvalue weighted by Crippen LogP contribution is -2.36. The Kier molecular flexibility index (Phi) is 6.29. The Bertz CT molecular complexity index is 1090. The van der Waals surface area contributed by atoms with Crippen molar-refractivity contribution in [3.8, 4) is 11.3 Å². The van der Waals surface area contributed by atoms with Crippen molar-refractivity contribution >= 4 is 22.7 Å². The van der Waals surface area contributed by atoms with Crippen molar-refractivity contribution in [2.45, 2.75) is 16.5 Å². The maximum Gasteiger partial charge on any atom is 0.142 e. The third kappa shape index (κ3) is 4.32. The lowest BCUT2D eigenvalue weighted by molar-refractivity contribution is 0.215. The van der Waals surface area contributed by atoms with E-state index < -0.39 is 22.9 Å². The smallest absolute Gasteiger partial charge is 0.142 e. The molecule has 2 heterocycles. The summed E-state index contributed by atoms with van der Waals surface area (Å²) in [5.41, 5.74) is 1.86. The second kappa shape index (κ2) is 9.09. The van der Waals surface area contributed by atoms with Gasteiger partial charge in [-0.05, 0) is 23.6 Å². The molecule has 2 aromatic carbocycles. The zero-order chi connectivity index (χ0) is 21.1. The average molecular weight is 442 g/mol. The van der Waals surface area contributed by atoms with Gasteiger partial charge in [-0.3, -0.25) is 4.98 Å². The molecule has 0 saturated heterocycles. The van der Waals surface area contributed by atoms with E-state index in [-0.39, 0.29) is 11.1 Å². The van der Waals surface area contributed by atoms with Gasteiger partial charge >= 0.3 is 0 Å². The van der Waals surface area contributed by atoms with E-state index in [0.717, 1.165) is 5.56 Å². The molecule has 1 aliphatic rings. The molecule has 0 radical (unpaired) electrons. The number of hydrogen-bond donors (Lipinski definition) is 2. The van der Waals surface area contributed by atoms with Gasteiger partial charge in [-0.2, -0.15) is 0 Å². The van der Waals surface area contributed by atoms with Gasteiger partial charge in [0.2, 0.25) is 0 Å². The predicted octanol–water partition coefficient (Wildman–Crippen LogP) is 4.02.